The minimum absolute atomic E-state index is 0.0795. The van der Waals surface area contributed by atoms with Gasteiger partial charge >= 0.3 is 5.97 Å². The van der Waals surface area contributed by atoms with E-state index in [0.29, 0.717) is 13.1 Å². The van der Waals surface area contributed by atoms with E-state index >= 15 is 0 Å². The average molecular weight is 214 g/mol. The molecule has 1 aliphatic heterocycles. The Morgan fingerprint density at radius 3 is 2.93 bits per heavy atom. The lowest BCUT2D eigenvalue weighted by Crippen LogP contribution is -2.53. The van der Waals surface area contributed by atoms with E-state index in [1.807, 2.05) is 13.8 Å². The van der Waals surface area contributed by atoms with Crippen LogP contribution in [0, 0.1) is 0 Å². The Hall–Kier alpha value is -1.10. The second-order valence-corrected chi connectivity index (χ2v) is 3.71. The van der Waals surface area contributed by atoms with Gasteiger partial charge in [-0.2, -0.15) is 0 Å². The summed E-state index contributed by atoms with van der Waals surface area (Å²) in [6.45, 7) is 5.11. The molecule has 0 bridgehead atoms. The van der Waals surface area contributed by atoms with Crippen LogP contribution >= 0.6 is 0 Å². The monoisotopic (exact) mass is 214 g/mol. The minimum Gasteiger partial charge on any atom is -0.463 e. The number of ether oxygens (including phenoxy) is 1. The van der Waals surface area contributed by atoms with Gasteiger partial charge in [0.05, 0.1) is 18.6 Å². The SMILES string of the molecule is CC[C@@H](C)OC(=O)C[C@H]1NCCNC1=O. The molecule has 1 heterocycles. The van der Waals surface area contributed by atoms with Crippen molar-refractivity contribution in [2.75, 3.05) is 13.1 Å². The summed E-state index contributed by atoms with van der Waals surface area (Å²) in [4.78, 5) is 22.7. The molecule has 0 saturated carbocycles. The van der Waals surface area contributed by atoms with Crippen LogP contribution in [-0.2, 0) is 14.3 Å². The molecule has 1 fully saturated rings. The molecule has 2 atom stereocenters. The van der Waals surface area contributed by atoms with Crippen LogP contribution in [0.4, 0.5) is 0 Å². The van der Waals surface area contributed by atoms with Gasteiger partial charge in [0, 0.05) is 13.1 Å². The molecular formula is C10H18N2O3. The second-order valence-electron chi connectivity index (χ2n) is 3.71. The third-order valence-electron chi connectivity index (χ3n) is 2.41. The van der Waals surface area contributed by atoms with Gasteiger partial charge in [0.25, 0.3) is 0 Å². The fourth-order valence-electron chi connectivity index (χ4n) is 1.34. The number of nitrogens with one attached hydrogen (secondary N) is 2. The van der Waals surface area contributed by atoms with Gasteiger partial charge in [-0.1, -0.05) is 6.92 Å². The van der Waals surface area contributed by atoms with E-state index in [0.717, 1.165) is 6.42 Å². The maximum absolute atomic E-state index is 11.4. The highest BCUT2D eigenvalue weighted by Gasteiger charge is 2.25. The smallest absolute Gasteiger partial charge is 0.308 e. The van der Waals surface area contributed by atoms with E-state index in [-0.39, 0.29) is 24.4 Å². The van der Waals surface area contributed by atoms with Crippen LogP contribution in [0.15, 0.2) is 0 Å². The number of piperazine rings is 1. The van der Waals surface area contributed by atoms with Gasteiger partial charge in [0.2, 0.25) is 5.91 Å². The van der Waals surface area contributed by atoms with Crippen molar-refractivity contribution >= 4 is 11.9 Å². The van der Waals surface area contributed by atoms with Gasteiger partial charge in [-0.25, -0.2) is 0 Å². The first-order valence-electron chi connectivity index (χ1n) is 5.34. The molecule has 1 saturated heterocycles. The van der Waals surface area contributed by atoms with Crippen LogP contribution in [0.5, 0.6) is 0 Å². The molecule has 0 aromatic heterocycles. The first-order valence-corrected chi connectivity index (χ1v) is 5.34. The molecule has 0 aromatic rings. The molecule has 0 unspecified atom stereocenters. The molecule has 5 heteroatoms. The summed E-state index contributed by atoms with van der Waals surface area (Å²) in [7, 11) is 0. The van der Waals surface area contributed by atoms with Gasteiger partial charge in [0.1, 0.15) is 0 Å². The van der Waals surface area contributed by atoms with Crippen molar-refractivity contribution < 1.29 is 14.3 Å². The van der Waals surface area contributed by atoms with Crippen molar-refractivity contribution in [2.45, 2.75) is 38.8 Å². The van der Waals surface area contributed by atoms with E-state index < -0.39 is 6.04 Å². The molecule has 0 spiro atoms. The van der Waals surface area contributed by atoms with E-state index in [4.69, 9.17) is 4.74 Å². The Balaban J connectivity index is 2.33. The maximum Gasteiger partial charge on any atom is 0.308 e. The summed E-state index contributed by atoms with van der Waals surface area (Å²) in [6, 6.07) is -0.435. The van der Waals surface area contributed by atoms with E-state index in [2.05, 4.69) is 10.6 Å². The van der Waals surface area contributed by atoms with Gasteiger partial charge in [-0.3, -0.25) is 9.59 Å². The number of rotatable bonds is 4. The quantitative estimate of drug-likeness (QED) is 0.636. The summed E-state index contributed by atoms with van der Waals surface area (Å²) in [6.07, 6.45) is 0.816. The van der Waals surface area contributed by atoms with E-state index in [9.17, 15) is 9.59 Å². The summed E-state index contributed by atoms with van der Waals surface area (Å²) >= 11 is 0. The lowest BCUT2D eigenvalue weighted by Gasteiger charge is -2.23. The third kappa shape index (κ3) is 3.87. The normalized spacial score (nSPS) is 23.1. The first-order chi connectivity index (χ1) is 7.13. The third-order valence-corrected chi connectivity index (χ3v) is 2.41. The number of hydrogen-bond acceptors (Lipinski definition) is 4. The fourth-order valence-corrected chi connectivity index (χ4v) is 1.34. The van der Waals surface area contributed by atoms with Crippen molar-refractivity contribution in [1.29, 1.82) is 0 Å². The Labute approximate surface area is 89.6 Å². The highest BCUT2D eigenvalue weighted by atomic mass is 16.5. The summed E-state index contributed by atoms with van der Waals surface area (Å²) in [5.74, 6) is -0.443. The Morgan fingerprint density at radius 2 is 2.33 bits per heavy atom. The number of carbonyl (C=O) groups excluding carboxylic acids is 2. The summed E-state index contributed by atoms with van der Waals surface area (Å²) in [5, 5.41) is 5.67. The Kier molecular flexibility index (Phi) is 4.55. The number of hydrogen-bond donors (Lipinski definition) is 2. The average Bonchev–Trinajstić information content (AvgIpc) is 2.21. The predicted octanol–water partition coefficient (Wildman–Crippen LogP) is -0.194. The van der Waals surface area contributed by atoms with E-state index in [1.165, 1.54) is 0 Å². The van der Waals surface area contributed by atoms with Gasteiger partial charge in [0.15, 0.2) is 0 Å². The highest BCUT2D eigenvalue weighted by molar-refractivity contribution is 5.87. The summed E-state index contributed by atoms with van der Waals surface area (Å²) < 4.78 is 5.09. The lowest BCUT2D eigenvalue weighted by molar-refractivity contribution is -0.150. The molecular weight excluding hydrogens is 196 g/mol. The molecule has 0 aromatic carbocycles. The molecule has 0 aliphatic carbocycles. The molecule has 1 aliphatic rings. The van der Waals surface area contributed by atoms with Crippen LogP contribution in [0.25, 0.3) is 0 Å². The van der Waals surface area contributed by atoms with Crippen LogP contribution in [0.3, 0.4) is 0 Å². The molecule has 15 heavy (non-hydrogen) atoms. The molecule has 2 N–H and O–H groups in total. The van der Waals surface area contributed by atoms with Gasteiger partial charge in [-0.15, -0.1) is 0 Å². The molecule has 1 rings (SSSR count). The first kappa shape index (κ1) is 12.0. The Bertz CT molecular complexity index is 243. The molecule has 1 amide bonds. The molecule has 86 valence electrons. The van der Waals surface area contributed by atoms with Crippen molar-refractivity contribution in [1.82, 2.24) is 10.6 Å². The maximum atomic E-state index is 11.4. The predicted molar refractivity (Wildman–Crippen MR) is 55.3 cm³/mol. The summed E-state index contributed by atoms with van der Waals surface area (Å²) in [5.41, 5.74) is 0. The zero-order chi connectivity index (χ0) is 11.3. The zero-order valence-corrected chi connectivity index (χ0v) is 9.21. The lowest BCUT2D eigenvalue weighted by atomic mass is 10.1. The van der Waals surface area contributed by atoms with Gasteiger partial charge in [-0.05, 0) is 13.3 Å². The van der Waals surface area contributed by atoms with Crippen LogP contribution < -0.4 is 10.6 Å². The van der Waals surface area contributed by atoms with Crippen molar-refractivity contribution in [3.8, 4) is 0 Å². The zero-order valence-electron chi connectivity index (χ0n) is 9.21. The topological polar surface area (TPSA) is 67.4 Å². The van der Waals surface area contributed by atoms with Gasteiger partial charge < -0.3 is 15.4 Å². The van der Waals surface area contributed by atoms with Crippen molar-refractivity contribution in [2.24, 2.45) is 0 Å². The highest BCUT2D eigenvalue weighted by Crippen LogP contribution is 2.03. The van der Waals surface area contributed by atoms with Crippen molar-refractivity contribution in [3.05, 3.63) is 0 Å². The minimum atomic E-state index is -0.435. The Morgan fingerprint density at radius 1 is 1.60 bits per heavy atom. The standard InChI is InChI=1S/C10H18N2O3/c1-3-7(2)15-9(13)6-8-10(14)12-5-4-11-8/h7-8,11H,3-6H2,1-2H3,(H,12,14)/t7-,8-/m1/s1. The molecule has 0 radical (unpaired) electrons. The van der Waals surface area contributed by atoms with Crippen LogP contribution in [0.1, 0.15) is 26.7 Å². The van der Waals surface area contributed by atoms with Crippen LogP contribution in [-0.4, -0.2) is 37.1 Å². The fraction of sp³-hybridized carbons (Fsp3) is 0.800. The molecule has 5 nitrogen and oxygen atoms in total. The van der Waals surface area contributed by atoms with Crippen LogP contribution in [0.2, 0.25) is 0 Å². The van der Waals surface area contributed by atoms with E-state index in [1.54, 1.807) is 0 Å². The number of amides is 1. The largest absolute Gasteiger partial charge is 0.463 e. The number of esters is 1. The van der Waals surface area contributed by atoms with Crippen molar-refractivity contribution in [3.63, 3.8) is 0 Å². The number of carbonyl (C=O) groups is 2. The second kappa shape index (κ2) is 5.70.